The lowest BCUT2D eigenvalue weighted by molar-refractivity contribution is -0.140. The highest BCUT2D eigenvalue weighted by atomic mass is 35.5. The first-order chi connectivity index (χ1) is 11.8. The molecule has 6 heteroatoms. The second-order valence-corrected chi connectivity index (χ2v) is 7.66. The smallest absolute Gasteiger partial charge is 0.234 e. The molecule has 5 nitrogen and oxygen atoms in total. The zero-order valence-electron chi connectivity index (χ0n) is 14.8. The maximum Gasteiger partial charge on any atom is 0.234 e. The molecule has 2 fully saturated rings. The van der Waals surface area contributed by atoms with Gasteiger partial charge in [-0.1, -0.05) is 24.6 Å². The zero-order valence-corrected chi connectivity index (χ0v) is 15.5. The number of fused-ring (bicyclic) bond motifs is 1. The highest BCUT2D eigenvalue weighted by Crippen LogP contribution is 2.40. The fourth-order valence-electron chi connectivity index (χ4n) is 3.85. The number of likely N-dealkylation sites (tertiary alicyclic amines) is 1. The predicted octanol–water partition coefficient (Wildman–Crippen LogP) is 3.38. The number of hydrogen-bond acceptors (Lipinski definition) is 3. The molecular weight excluding hydrogens is 340 g/mol. The first-order valence-electron chi connectivity index (χ1n) is 8.69. The van der Waals surface area contributed by atoms with E-state index in [1.165, 1.54) is 16.7 Å². The lowest BCUT2D eigenvalue weighted by Crippen LogP contribution is -2.44. The molecule has 3 atom stereocenters. The van der Waals surface area contributed by atoms with Crippen LogP contribution in [0.4, 0.5) is 5.69 Å². The van der Waals surface area contributed by atoms with Crippen LogP contribution in [-0.4, -0.2) is 29.3 Å². The number of imide groups is 1. The molecular formula is C19H23ClN2O3. The van der Waals surface area contributed by atoms with E-state index in [2.05, 4.69) is 6.92 Å². The molecule has 0 bridgehead atoms. The van der Waals surface area contributed by atoms with E-state index in [1.807, 2.05) is 13.0 Å². The van der Waals surface area contributed by atoms with E-state index in [9.17, 15) is 14.4 Å². The molecule has 1 heterocycles. The van der Waals surface area contributed by atoms with Crippen molar-refractivity contribution in [3.63, 3.8) is 0 Å². The standard InChI is InChI=1S/C19H23ClN2O3/c1-11-4-7-15-16(8-11)19(25)22(18(15)24)10-21(13(3)23)14-6-5-12(2)17(20)9-14/h5-6,9,11,15-16H,4,7-8,10H2,1-3H3/t11-,15-,16-/m1/s1. The molecule has 134 valence electrons. The third-order valence-electron chi connectivity index (χ3n) is 5.41. The third kappa shape index (κ3) is 3.30. The lowest BCUT2D eigenvalue weighted by atomic mass is 9.76. The van der Waals surface area contributed by atoms with Crippen molar-refractivity contribution in [2.75, 3.05) is 11.6 Å². The number of rotatable bonds is 3. The molecule has 3 amide bonds. The summed E-state index contributed by atoms with van der Waals surface area (Å²) in [5.74, 6) is -0.523. The third-order valence-corrected chi connectivity index (χ3v) is 5.82. The molecule has 1 saturated carbocycles. The minimum Gasteiger partial charge on any atom is -0.294 e. The molecule has 1 saturated heterocycles. The van der Waals surface area contributed by atoms with E-state index in [-0.39, 0.29) is 36.2 Å². The van der Waals surface area contributed by atoms with Gasteiger partial charge in [-0.15, -0.1) is 0 Å². The zero-order chi connectivity index (χ0) is 18.3. The van der Waals surface area contributed by atoms with Gasteiger partial charge in [0, 0.05) is 17.6 Å². The molecule has 1 aromatic rings. The summed E-state index contributed by atoms with van der Waals surface area (Å²) in [6, 6.07) is 5.30. The number of amides is 3. The van der Waals surface area contributed by atoms with Gasteiger partial charge in [0.05, 0.1) is 11.8 Å². The Labute approximate surface area is 152 Å². The normalized spacial score (nSPS) is 25.9. The Kier molecular flexibility index (Phi) is 4.87. The summed E-state index contributed by atoms with van der Waals surface area (Å²) in [5.41, 5.74) is 1.49. The van der Waals surface area contributed by atoms with Crippen LogP contribution in [0.5, 0.6) is 0 Å². The van der Waals surface area contributed by atoms with Crippen LogP contribution in [0, 0.1) is 24.7 Å². The quantitative estimate of drug-likeness (QED) is 0.774. The Morgan fingerprint density at radius 1 is 1.24 bits per heavy atom. The topological polar surface area (TPSA) is 57.7 Å². The minimum atomic E-state index is -0.233. The summed E-state index contributed by atoms with van der Waals surface area (Å²) in [4.78, 5) is 40.3. The van der Waals surface area contributed by atoms with E-state index in [0.717, 1.165) is 24.8 Å². The van der Waals surface area contributed by atoms with E-state index in [0.29, 0.717) is 16.6 Å². The van der Waals surface area contributed by atoms with Gasteiger partial charge in [0.1, 0.15) is 6.67 Å². The summed E-state index contributed by atoms with van der Waals surface area (Å²) in [6.45, 7) is 5.37. The number of anilines is 1. The molecule has 0 unspecified atom stereocenters. The van der Waals surface area contributed by atoms with Crippen molar-refractivity contribution in [1.82, 2.24) is 4.90 Å². The van der Waals surface area contributed by atoms with E-state index >= 15 is 0 Å². The summed E-state index contributed by atoms with van der Waals surface area (Å²) >= 11 is 6.17. The summed E-state index contributed by atoms with van der Waals surface area (Å²) in [7, 11) is 0. The van der Waals surface area contributed by atoms with Crippen LogP contribution in [0.3, 0.4) is 0 Å². The van der Waals surface area contributed by atoms with E-state index in [1.54, 1.807) is 12.1 Å². The number of carbonyl (C=O) groups is 3. The van der Waals surface area contributed by atoms with Gasteiger partial charge in [-0.3, -0.25) is 24.2 Å². The van der Waals surface area contributed by atoms with Crippen molar-refractivity contribution in [2.24, 2.45) is 17.8 Å². The fourth-order valence-corrected chi connectivity index (χ4v) is 4.03. The van der Waals surface area contributed by atoms with Crippen LogP contribution in [0.25, 0.3) is 0 Å². The molecule has 1 aliphatic carbocycles. The average Bonchev–Trinajstić information content (AvgIpc) is 2.79. The Hall–Kier alpha value is -1.88. The van der Waals surface area contributed by atoms with Gasteiger partial charge in [-0.25, -0.2) is 0 Å². The first kappa shape index (κ1) is 17.9. The average molecular weight is 363 g/mol. The Balaban J connectivity index is 1.85. The fraction of sp³-hybridized carbons (Fsp3) is 0.526. The van der Waals surface area contributed by atoms with Gasteiger partial charge in [0.15, 0.2) is 0 Å². The number of aryl methyl sites for hydroxylation is 1. The van der Waals surface area contributed by atoms with Crippen molar-refractivity contribution < 1.29 is 14.4 Å². The van der Waals surface area contributed by atoms with Crippen molar-refractivity contribution >= 4 is 35.0 Å². The highest BCUT2D eigenvalue weighted by molar-refractivity contribution is 6.31. The van der Waals surface area contributed by atoms with Gasteiger partial charge >= 0.3 is 0 Å². The predicted molar refractivity (Wildman–Crippen MR) is 96.1 cm³/mol. The second kappa shape index (κ2) is 6.79. The maximum absolute atomic E-state index is 12.7. The number of hydrogen-bond donors (Lipinski definition) is 0. The Bertz CT molecular complexity index is 733. The van der Waals surface area contributed by atoms with Crippen LogP contribution in [0.15, 0.2) is 18.2 Å². The maximum atomic E-state index is 12.7. The van der Waals surface area contributed by atoms with Crippen molar-refractivity contribution in [2.45, 2.75) is 40.0 Å². The largest absolute Gasteiger partial charge is 0.294 e. The monoisotopic (exact) mass is 362 g/mol. The Morgan fingerprint density at radius 3 is 2.56 bits per heavy atom. The number of benzene rings is 1. The SMILES string of the molecule is CC(=O)N(CN1C(=O)[C@@H]2CC[C@@H](C)C[C@H]2C1=O)c1ccc(C)c(Cl)c1. The van der Waals surface area contributed by atoms with Crippen LogP contribution in [-0.2, 0) is 14.4 Å². The van der Waals surface area contributed by atoms with Gasteiger partial charge in [0.25, 0.3) is 0 Å². The number of nitrogens with zero attached hydrogens (tertiary/aromatic N) is 2. The first-order valence-corrected chi connectivity index (χ1v) is 9.07. The molecule has 1 aromatic carbocycles. The van der Waals surface area contributed by atoms with E-state index < -0.39 is 0 Å². The van der Waals surface area contributed by atoms with Crippen molar-refractivity contribution in [3.05, 3.63) is 28.8 Å². The number of carbonyl (C=O) groups excluding carboxylic acids is 3. The summed E-state index contributed by atoms with van der Waals surface area (Å²) in [6.07, 6.45) is 2.48. The molecule has 1 aliphatic heterocycles. The molecule has 0 aromatic heterocycles. The summed E-state index contributed by atoms with van der Waals surface area (Å²) < 4.78 is 0. The highest BCUT2D eigenvalue weighted by Gasteiger charge is 2.49. The van der Waals surface area contributed by atoms with Gasteiger partial charge in [-0.05, 0) is 49.8 Å². The van der Waals surface area contributed by atoms with Crippen LogP contribution in [0.2, 0.25) is 5.02 Å². The molecule has 0 N–H and O–H groups in total. The van der Waals surface area contributed by atoms with Crippen molar-refractivity contribution in [1.29, 1.82) is 0 Å². The molecule has 25 heavy (non-hydrogen) atoms. The minimum absolute atomic E-state index is 0.0478. The summed E-state index contributed by atoms with van der Waals surface area (Å²) in [5, 5.41) is 0.547. The molecule has 0 spiro atoms. The van der Waals surface area contributed by atoms with Gasteiger partial charge in [-0.2, -0.15) is 0 Å². The van der Waals surface area contributed by atoms with E-state index in [4.69, 9.17) is 11.6 Å². The van der Waals surface area contributed by atoms with Crippen LogP contribution >= 0.6 is 11.6 Å². The molecule has 0 radical (unpaired) electrons. The second-order valence-electron chi connectivity index (χ2n) is 7.26. The van der Waals surface area contributed by atoms with Gasteiger partial charge in [0.2, 0.25) is 17.7 Å². The van der Waals surface area contributed by atoms with Crippen LogP contribution in [0.1, 0.15) is 38.7 Å². The lowest BCUT2D eigenvalue weighted by Gasteiger charge is -2.26. The Morgan fingerprint density at radius 2 is 1.92 bits per heavy atom. The molecule has 2 aliphatic rings. The van der Waals surface area contributed by atoms with Crippen LogP contribution < -0.4 is 4.90 Å². The molecule has 3 rings (SSSR count). The van der Waals surface area contributed by atoms with Crippen molar-refractivity contribution in [3.8, 4) is 0 Å². The van der Waals surface area contributed by atoms with Gasteiger partial charge < -0.3 is 0 Å². The number of halogens is 1.